The normalized spacial score (nSPS) is 11.8. The Labute approximate surface area is 125 Å². The van der Waals surface area contributed by atoms with E-state index in [9.17, 15) is 24.4 Å². The summed E-state index contributed by atoms with van der Waals surface area (Å²) in [7, 11) is -0.438. The van der Waals surface area contributed by atoms with Crippen LogP contribution >= 0.6 is 10.8 Å². The lowest BCUT2D eigenvalue weighted by Gasteiger charge is -2.01. The molecule has 0 amide bonds. The molecule has 0 aliphatic carbocycles. The lowest BCUT2D eigenvalue weighted by Crippen LogP contribution is -1.90. The molecule has 0 saturated carbocycles. The summed E-state index contributed by atoms with van der Waals surface area (Å²) in [6.07, 6.45) is 0. The summed E-state index contributed by atoms with van der Waals surface area (Å²) in [5.74, 6) is 0. The molecule has 0 radical (unpaired) electrons. The summed E-state index contributed by atoms with van der Waals surface area (Å²) < 4.78 is 12.1. The smallest absolute Gasteiger partial charge is 0.258 e. The van der Waals surface area contributed by atoms with Gasteiger partial charge in [0.25, 0.3) is 11.4 Å². The standard InChI is InChI=1S/C12H8N2O5S2/c15-13(16)9-1-5-11(6-2-9)20-21(19)12-7-3-10(4-8-12)14(17)18/h1-8H. The van der Waals surface area contributed by atoms with E-state index < -0.39 is 19.7 Å². The Hall–Kier alpha value is -2.26. The molecule has 0 spiro atoms. The van der Waals surface area contributed by atoms with Crippen LogP contribution in [0.4, 0.5) is 11.4 Å². The van der Waals surface area contributed by atoms with E-state index in [0.29, 0.717) is 9.79 Å². The molecule has 0 N–H and O–H groups in total. The van der Waals surface area contributed by atoms with Crippen LogP contribution in [0, 0.1) is 20.2 Å². The molecule has 9 heteroatoms. The first-order valence-corrected chi connectivity index (χ1v) is 8.04. The molecule has 2 rings (SSSR count). The molecule has 21 heavy (non-hydrogen) atoms. The Balaban J connectivity index is 2.10. The molecule has 0 aliphatic rings. The van der Waals surface area contributed by atoms with Gasteiger partial charge in [-0.05, 0) is 35.1 Å². The van der Waals surface area contributed by atoms with E-state index in [2.05, 4.69) is 0 Å². The predicted molar refractivity (Wildman–Crippen MR) is 78.5 cm³/mol. The van der Waals surface area contributed by atoms with Gasteiger partial charge >= 0.3 is 0 Å². The summed E-state index contributed by atoms with van der Waals surface area (Å²) in [6, 6.07) is 11.1. The van der Waals surface area contributed by atoms with Crippen LogP contribution in [0.5, 0.6) is 0 Å². The Morgan fingerprint density at radius 2 is 1.24 bits per heavy atom. The van der Waals surface area contributed by atoms with Gasteiger partial charge in [0.05, 0.1) is 14.7 Å². The second-order valence-corrected chi connectivity index (χ2v) is 6.81. The fourth-order valence-corrected chi connectivity index (χ4v) is 3.79. The van der Waals surface area contributed by atoms with Crippen molar-refractivity contribution in [2.24, 2.45) is 0 Å². The zero-order valence-corrected chi connectivity index (χ0v) is 12.0. The quantitative estimate of drug-likeness (QED) is 0.475. The minimum Gasteiger partial charge on any atom is -0.258 e. The van der Waals surface area contributed by atoms with E-state index in [4.69, 9.17) is 0 Å². The number of nitrogens with zero attached hydrogens (tertiary/aromatic N) is 2. The largest absolute Gasteiger partial charge is 0.269 e. The highest BCUT2D eigenvalue weighted by atomic mass is 33.1. The molecule has 0 fully saturated rings. The van der Waals surface area contributed by atoms with Crippen molar-refractivity contribution in [1.82, 2.24) is 0 Å². The van der Waals surface area contributed by atoms with Crippen LogP contribution in [-0.2, 0) is 9.83 Å². The monoisotopic (exact) mass is 324 g/mol. The zero-order valence-electron chi connectivity index (χ0n) is 10.4. The third kappa shape index (κ3) is 3.86. The Kier molecular flexibility index (Phi) is 4.66. The average molecular weight is 324 g/mol. The first-order chi connectivity index (χ1) is 9.97. The molecule has 7 nitrogen and oxygen atoms in total. The lowest BCUT2D eigenvalue weighted by molar-refractivity contribution is -0.385. The van der Waals surface area contributed by atoms with Gasteiger partial charge in [-0.15, -0.1) is 0 Å². The van der Waals surface area contributed by atoms with Crippen LogP contribution in [0.15, 0.2) is 58.3 Å². The van der Waals surface area contributed by atoms with Crippen LogP contribution in [0.25, 0.3) is 0 Å². The van der Waals surface area contributed by atoms with E-state index in [-0.39, 0.29) is 11.4 Å². The summed E-state index contributed by atoms with van der Waals surface area (Å²) in [5, 5.41) is 21.1. The molecule has 0 heterocycles. The Morgan fingerprint density at radius 3 is 1.67 bits per heavy atom. The Morgan fingerprint density at radius 1 is 0.810 bits per heavy atom. The molecule has 1 atom stereocenters. The Bertz CT molecular complexity index is 701. The van der Waals surface area contributed by atoms with Gasteiger partial charge in [0.15, 0.2) is 0 Å². The third-order valence-electron chi connectivity index (χ3n) is 2.46. The zero-order chi connectivity index (χ0) is 15.4. The van der Waals surface area contributed by atoms with Crippen molar-refractivity contribution in [2.75, 3.05) is 0 Å². The van der Waals surface area contributed by atoms with E-state index in [1.807, 2.05) is 0 Å². The van der Waals surface area contributed by atoms with Crippen LogP contribution in [0.3, 0.4) is 0 Å². The fourth-order valence-electron chi connectivity index (χ4n) is 1.44. The predicted octanol–water partition coefficient (Wildman–Crippen LogP) is 3.32. The minimum atomic E-state index is -1.45. The van der Waals surface area contributed by atoms with Gasteiger partial charge in [-0.3, -0.25) is 20.2 Å². The molecule has 0 saturated heterocycles. The van der Waals surface area contributed by atoms with E-state index in [0.717, 1.165) is 10.8 Å². The second-order valence-electron chi connectivity index (χ2n) is 3.82. The molecular weight excluding hydrogens is 316 g/mol. The van der Waals surface area contributed by atoms with Gasteiger partial charge < -0.3 is 0 Å². The fraction of sp³-hybridized carbons (Fsp3) is 0. The number of nitro benzene ring substituents is 2. The van der Waals surface area contributed by atoms with E-state index >= 15 is 0 Å². The minimum absolute atomic E-state index is 0.0412. The average Bonchev–Trinajstić information content (AvgIpc) is 2.47. The second kappa shape index (κ2) is 6.46. The maximum absolute atomic E-state index is 12.1. The number of hydrogen-bond acceptors (Lipinski definition) is 6. The lowest BCUT2D eigenvalue weighted by atomic mass is 10.3. The van der Waals surface area contributed by atoms with Crippen molar-refractivity contribution in [3.8, 4) is 0 Å². The molecule has 0 aromatic heterocycles. The van der Waals surface area contributed by atoms with Crippen LogP contribution in [-0.4, -0.2) is 14.1 Å². The third-order valence-corrected chi connectivity index (χ3v) is 5.34. The van der Waals surface area contributed by atoms with E-state index in [1.54, 1.807) is 0 Å². The number of rotatable bonds is 5. The van der Waals surface area contributed by atoms with Crippen molar-refractivity contribution in [3.63, 3.8) is 0 Å². The first-order valence-electron chi connectivity index (χ1n) is 5.56. The topological polar surface area (TPSA) is 103 Å². The molecule has 2 aromatic carbocycles. The van der Waals surface area contributed by atoms with Crippen LogP contribution < -0.4 is 0 Å². The van der Waals surface area contributed by atoms with Crippen molar-refractivity contribution in [1.29, 1.82) is 0 Å². The van der Waals surface area contributed by atoms with Crippen molar-refractivity contribution in [2.45, 2.75) is 9.79 Å². The number of non-ortho nitro benzene ring substituents is 2. The molecule has 1 unspecified atom stereocenters. The van der Waals surface area contributed by atoms with Gasteiger partial charge in [0, 0.05) is 29.2 Å². The van der Waals surface area contributed by atoms with Gasteiger partial charge in [-0.25, -0.2) is 4.21 Å². The van der Waals surface area contributed by atoms with Gasteiger partial charge in [0.2, 0.25) is 0 Å². The van der Waals surface area contributed by atoms with Crippen LogP contribution in [0.2, 0.25) is 0 Å². The van der Waals surface area contributed by atoms with Gasteiger partial charge in [-0.1, -0.05) is 0 Å². The van der Waals surface area contributed by atoms with Gasteiger partial charge in [0.1, 0.15) is 9.83 Å². The maximum Gasteiger partial charge on any atom is 0.269 e. The highest BCUT2D eigenvalue weighted by molar-refractivity contribution is 8.69. The maximum atomic E-state index is 12.1. The summed E-state index contributed by atoms with van der Waals surface area (Å²) in [6.45, 7) is 0. The van der Waals surface area contributed by atoms with Crippen LogP contribution in [0.1, 0.15) is 0 Å². The number of benzene rings is 2. The SMILES string of the molecule is O=[N+]([O-])c1ccc(SS(=O)c2ccc([N+](=O)[O-])cc2)cc1. The van der Waals surface area contributed by atoms with Crippen molar-refractivity contribution >= 4 is 32.0 Å². The highest BCUT2D eigenvalue weighted by Gasteiger charge is 2.11. The molecule has 2 aromatic rings. The van der Waals surface area contributed by atoms with Gasteiger partial charge in [-0.2, -0.15) is 0 Å². The summed E-state index contributed by atoms with van der Waals surface area (Å²) in [4.78, 5) is 21.1. The number of nitro groups is 2. The molecular formula is C12H8N2O5S2. The molecule has 0 aliphatic heterocycles. The van der Waals surface area contributed by atoms with Crippen molar-refractivity contribution in [3.05, 3.63) is 68.8 Å². The molecule has 0 bridgehead atoms. The molecule has 108 valence electrons. The van der Waals surface area contributed by atoms with Crippen molar-refractivity contribution < 1.29 is 14.1 Å². The summed E-state index contributed by atoms with van der Waals surface area (Å²) in [5.41, 5.74) is -0.114. The van der Waals surface area contributed by atoms with E-state index in [1.165, 1.54) is 48.5 Å². The first kappa shape index (κ1) is 15.1. The number of hydrogen-bond donors (Lipinski definition) is 0. The highest BCUT2D eigenvalue weighted by Crippen LogP contribution is 2.29. The summed E-state index contributed by atoms with van der Waals surface area (Å²) >= 11 is 0.